The van der Waals surface area contributed by atoms with Crippen molar-refractivity contribution >= 4 is 0 Å². The lowest BCUT2D eigenvalue weighted by atomic mass is 10.0. The molecule has 1 rings (SSSR count). The van der Waals surface area contributed by atoms with Gasteiger partial charge in [0.05, 0.1) is 13.2 Å². The van der Waals surface area contributed by atoms with Crippen LogP contribution in [0.25, 0.3) is 0 Å². The Kier molecular flexibility index (Phi) is 4.88. The summed E-state index contributed by atoms with van der Waals surface area (Å²) in [6, 6.07) is 5.75. The minimum absolute atomic E-state index is 0.439. The van der Waals surface area contributed by atoms with Crippen LogP contribution in [0.1, 0.15) is 37.0 Å². The molecule has 0 aliphatic rings. The molecule has 0 bridgehead atoms. The number of aryl methyl sites for hydroxylation is 1. The molecule has 0 aliphatic heterocycles. The molecule has 0 amide bonds. The second-order valence-corrected chi connectivity index (χ2v) is 3.71. The van der Waals surface area contributed by atoms with E-state index in [1.54, 1.807) is 7.11 Å². The summed E-state index contributed by atoms with van der Waals surface area (Å²) in [7, 11) is 1.65. The zero-order valence-corrected chi connectivity index (χ0v) is 10.1. The molecule has 1 aromatic rings. The second-order valence-electron chi connectivity index (χ2n) is 3.71. The summed E-state index contributed by atoms with van der Waals surface area (Å²) in [5.41, 5.74) is 1.97. The smallest absolute Gasteiger partial charge is 0.121 e. The van der Waals surface area contributed by atoms with E-state index in [9.17, 15) is 5.11 Å². The lowest BCUT2D eigenvalue weighted by Crippen LogP contribution is -1.98. The maximum atomic E-state index is 9.93. The quantitative estimate of drug-likeness (QED) is 0.787. The van der Waals surface area contributed by atoms with Crippen molar-refractivity contribution in [3.63, 3.8) is 0 Å². The maximum absolute atomic E-state index is 9.93. The van der Waals surface area contributed by atoms with Crippen LogP contribution in [0.15, 0.2) is 18.2 Å². The van der Waals surface area contributed by atoms with Gasteiger partial charge in [0.15, 0.2) is 0 Å². The summed E-state index contributed by atoms with van der Waals surface area (Å²) in [5.74, 6) is 6.63. The number of aliphatic hydroxyl groups excluding tert-OH is 1. The first-order chi connectivity index (χ1) is 7.69. The third-order valence-electron chi connectivity index (χ3n) is 2.52. The molecule has 0 heterocycles. The second kappa shape index (κ2) is 6.19. The molecule has 1 N–H and O–H groups in total. The Balaban J connectivity index is 2.71. The molecule has 1 aromatic carbocycles. The Morgan fingerprint density at radius 3 is 2.75 bits per heavy atom. The number of aliphatic hydroxyl groups is 1. The molecule has 16 heavy (non-hydrogen) atoms. The van der Waals surface area contributed by atoms with Crippen LogP contribution in [0.2, 0.25) is 0 Å². The lowest BCUT2D eigenvalue weighted by Gasteiger charge is -2.12. The van der Waals surface area contributed by atoms with Crippen LogP contribution in [0.5, 0.6) is 5.75 Å². The summed E-state index contributed by atoms with van der Waals surface area (Å²) in [6.07, 6.45) is 0.959. The average Bonchev–Trinajstić information content (AvgIpc) is 2.29. The highest BCUT2D eigenvalue weighted by Crippen LogP contribution is 2.24. The van der Waals surface area contributed by atoms with E-state index in [2.05, 4.69) is 11.8 Å². The van der Waals surface area contributed by atoms with Gasteiger partial charge in [0.1, 0.15) is 5.75 Å². The van der Waals surface area contributed by atoms with Gasteiger partial charge in [0, 0.05) is 6.42 Å². The number of rotatable bonds is 4. The van der Waals surface area contributed by atoms with Gasteiger partial charge in [0.2, 0.25) is 0 Å². The van der Waals surface area contributed by atoms with Gasteiger partial charge in [-0.2, -0.15) is 0 Å². The summed E-state index contributed by atoms with van der Waals surface area (Å²) in [6.45, 7) is 3.78. The largest absolute Gasteiger partial charge is 0.496 e. The highest BCUT2D eigenvalue weighted by atomic mass is 16.5. The normalized spacial score (nSPS) is 11.5. The predicted octanol–water partition coefficient (Wildman–Crippen LogP) is 2.84. The van der Waals surface area contributed by atoms with E-state index in [0.717, 1.165) is 23.3 Å². The Labute approximate surface area is 97.3 Å². The first-order valence-corrected chi connectivity index (χ1v) is 5.41. The highest BCUT2D eigenvalue weighted by Gasteiger charge is 2.08. The Morgan fingerprint density at radius 1 is 1.44 bits per heavy atom. The van der Waals surface area contributed by atoms with Gasteiger partial charge in [-0.3, -0.25) is 0 Å². The van der Waals surface area contributed by atoms with Crippen LogP contribution in [-0.4, -0.2) is 12.2 Å². The van der Waals surface area contributed by atoms with Crippen LogP contribution < -0.4 is 4.74 Å². The van der Waals surface area contributed by atoms with Crippen LogP contribution >= 0.6 is 0 Å². The summed E-state index contributed by atoms with van der Waals surface area (Å²) in [4.78, 5) is 0. The van der Waals surface area contributed by atoms with Gasteiger partial charge in [0.25, 0.3) is 0 Å². The maximum Gasteiger partial charge on any atom is 0.121 e. The Bertz CT molecular complexity index is 399. The van der Waals surface area contributed by atoms with Crippen LogP contribution in [0.3, 0.4) is 0 Å². The van der Waals surface area contributed by atoms with E-state index in [0.29, 0.717) is 6.42 Å². The fourth-order valence-electron chi connectivity index (χ4n) is 1.61. The van der Waals surface area contributed by atoms with Crippen LogP contribution in [-0.2, 0) is 0 Å². The standard InChI is InChI=1S/C14H18O2/c1-4-5-6-7-13(15)12-8-9-14(16-3)11(2)10-12/h8-10,13,15H,6-7H2,1-3H3. The van der Waals surface area contributed by atoms with Crippen molar-refractivity contribution in [3.8, 4) is 17.6 Å². The van der Waals surface area contributed by atoms with Gasteiger partial charge in [-0.1, -0.05) is 6.07 Å². The van der Waals surface area contributed by atoms with Crippen molar-refractivity contribution in [2.24, 2.45) is 0 Å². The van der Waals surface area contributed by atoms with E-state index in [4.69, 9.17) is 4.74 Å². The SMILES string of the molecule is CC#CCCC(O)c1ccc(OC)c(C)c1. The van der Waals surface area contributed by atoms with Crippen molar-refractivity contribution in [1.29, 1.82) is 0 Å². The molecular formula is C14H18O2. The molecule has 0 fully saturated rings. The van der Waals surface area contributed by atoms with Gasteiger partial charge >= 0.3 is 0 Å². The molecule has 2 nitrogen and oxygen atoms in total. The van der Waals surface area contributed by atoms with E-state index in [1.165, 1.54) is 0 Å². The Morgan fingerprint density at radius 2 is 2.19 bits per heavy atom. The third-order valence-corrected chi connectivity index (χ3v) is 2.52. The molecule has 1 unspecified atom stereocenters. The fraction of sp³-hybridized carbons (Fsp3) is 0.429. The summed E-state index contributed by atoms with van der Waals surface area (Å²) in [5, 5.41) is 9.93. The molecule has 1 atom stereocenters. The van der Waals surface area contributed by atoms with Gasteiger partial charge in [-0.05, 0) is 43.5 Å². The first kappa shape index (κ1) is 12.6. The van der Waals surface area contributed by atoms with E-state index >= 15 is 0 Å². The predicted molar refractivity (Wildman–Crippen MR) is 65.4 cm³/mol. The molecule has 86 valence electrons. The molecule has 0 saturated heterocycles. The highest BCUT2D eigenvalue weighted by molar-refractivity contribution is 5.36. The van der Waals surface area contributed by atoms with Gasteiger partial charge < -0.3 is 9.84 Å². The van der Waals surface area contributed by atoms with Crippen molar-refractivity contribution < 1.29 is 9.84 Å². The number of hydrogen-bond donors (Lipinski definition) is 1. The zero-order chi connectivity index (χ0) is 12.0. The van der Waals surface area contributed by atoms with Crippen molar-refractivity contribution in [2.45, 2.75) is 32.8 Å². The molecule has 0 aliphatic carbocycles. The van der Waals surface area contributed by atoms with Crippen molar-refractivity contribution in [1.82, 2.24) is 0 Å². The lowest BCUT2D eigenvalue weighted by molar-refractivity contribution is 0.169. The molecule has 2 heteroatoms. The molecule has 0 spiro atoms. The topological polar surface area (TPSA) is 29.5 Å². The molecule has 0 saturated carbocycles. The Hall–Kier alpha value is -1.46. The zero-order valence-electron chi connectivity index (χ0n) is 10.1. The van der Waals surface area contributed by atoms with Gasteiger partial charge in [-0.25, -0.2) is 0 Å². The number of hydrogen-bond acceptors (Lipinski definition) is 2. The number of ether oxygens (including phenoxy) is 1. The van der Waals surface area contributed by atoms with Gasteiger partial charge in [-0.15, -0.1) is 11.8 Å². The van der Waals surface area contributed by atoms with Crippen LogP contribution in [0.4, 0.5) is 0 Å². The van der Waals surface area contributed by atoms with Crippen LogP contribution in [0, 0.1) is 18.8 Å². The van der Waals surface area contributed by atoms with Crippen molar-refractivity contribution in [2.75, 3.05) is 7.11 Å². The molecule has 0 radical (unpaired) electrons. The minimum atomic E-state index is -0.439. The molecular weight excluding hydrogens is 200 g/mol. The first-order valence-electron chi connectivity index (χ1n) is 5.41. The minimum Gasteiger partial charge on any atom is -0.496 e. The fourth-order valence-corrected chi connectivity index (χ4v) is 1.61. The summed E-state index contributed by atoms with van der Waals surface area (Å²) >= 11 is 0. The third kappa shape index (κ3) is 3.29. The van der Waals surface area contributed by atoms with Crippen molar-refractivity contribution in [3.05, 3.63) is 29.3 Å². The summed E-state index contributed by atoms with van der Waals surface area (Å²) < 4.78 is 5.17. The number of benzene rings is 1. The average molecular weight is 218 g/mol. The molecule has 0 aromatic heterocycles. The monoisotopic (exact) mass is 218 g/mol. The van der Waals surface area contributed by atoms with E-state index in [-0.39, 0.29) is 0 Å². The number of methoxy groups -OCH3 is 1. The van der Waals surface area contributed by atoms with E-state index in [1.807, 2.05) is 32.0 Å². The van der Waals surface area contributed by atoms with E-state index < -0.39 is 6.10 Å².